The number of pyridine rings is 1. The van der Waals surface area contributed by atoms with E-state index in [0.29, 0.717) is 29.4 Å². The number of amides is 1. The van der Waals surface area contributed by atoms with Crippen LogP contribution < -0.4 is 15.4 Å². The number of halogens is 1. The van der Waals surface area contributed by atoms with E-state index in [0.717, 1.165) is 38.3 Å². The fourth-order valence-corrected chi connectivity index (χ4v) is 3.56. The molecule has 1 aliphatic heterocycles. The number of rotatable bonds is 9. The molecule has 0 bridgehead atoms. The molecule has 8 nitrogen and oxygen atoms in total. The van der Waals surface area contributed by atoms with E-state index in [4.69, 9.17) is 4.74 Å². The number of aromatic nitrogens is 3. The van der Waals surface area contributed by atoms with E-state index in [1.165, 1.54) is 6.07 Å². The number of carbonyl (C=O) groups excluding carboxylic acids is 1. The van der Waals surface area contributed by atoms with E-state index in [1.54, 1.807) is 48.9 Å². The summed E-state index contributed by atoms with van der Waals surface area (Å²) in [5.74, 6) is 0.495. The average Bonchev–Trinajstić information content (AvgIpc) is 2.85. The molecule has 0 atom stereocenters. The first kappa shape index (κ1) is 22.8. The predicted molar refractivity (Wildman–Crippen MR) is 122 cm³/mol. The van der Waals surface area contributed by atoms with Gasteiger partial charge in [0.15, 0.2) is 0 Å². The van der Waals surface area contributed by atoms with Gasteiger partial charge in [-0.2, -0.15) is 0 Å². The van der Waals surface area contributed by atoms with Crippen molar-refractivity contribution in [1.29, 1.82) is 0 Å². The maximum atomic E-state index is 14.7. The number of piperazine rings is 1. The van der Waals surface area contributed by atoms with Crippen LogP contribution in [0.4, 0.5) is 4.39 Å². The van der Waals surface area contributed by atoms with Crippen LogP contribution in [0.15, 0.2) is 55.0 Å². The van der Waals surface area contributed by atoms with Crippen molar-refractivity contribution in [2.45, 2.75) is 13.0 Å². The fraction of sp³-hybridized carbons (Fsp3) is 0.333. The van der Waals surface area contributed by atoms with Gasteiger partial charge in [0.2, 0.25) is 5.91 Å². The van der Waals surface area contributed by atoms with Gasteiger partial charge in [-0.1, -0.05) is 6.07 Å². The third kappa shape index (κ3) is 6.77. The summed E-state index contributed by atoms with van der Waals surface area (Å²) in [6, 6.07) is 10.0. The molecule has 1 amide bonds. The molecular formula is C24H27FN6O2. The van der Waals surface area contributed by atoms with Crippen molar-refractivity contribution < 1.29 is 13.9 Å². The third-order valence-electron chi connectivity index (χ3n) is 5.35. The minimum Gasteiger partial charge on any atom is -0.492 e. The topological polar surface area (TPSA) is 92.3 Å². The summed E-state index contributed by atoms with van der Waals surface area (Å²) in [7, 11) is 0. The molecule has 3 heterocycles. The van der Waals surface area contributed by atoms with Gasteiger partial charge >= 0.3 is 0 Å². The standard InChI is InChI=1S/C24H27FN6O2/c25-21-15-19(33-13-12-31-10-8-26-9-11-31)3-4-20(21)22-5-2-18(16-29-22)14-24(32)30-17-23-27-6-1-7-28-23/h1-7,15-16,26H,8-14,17H2,(H,30,32). The van der Waals surface area contributed by atoms with Crippen LogP contribution in [-0.2, 0) is 17.8 Å². The Bertz CT molecular complexity index is 1040. The van der Waals surface area contributed by atoms with Crippen molar-refractivity contribution in [3.05, 3.63) is 72.2 Å². The second-order valence-electron chi connectivity index (χ2n) is 7.75. The first-order valence-electron chi connectivity index (χ1n) is 11.0. The summed E-state index contributed by atoms with van der Waals surface area (Å²) in [6.45, 7) is 5.58. The molecule has 4 rings (SSSR count). The van der Waals surface area contributed by atoms with Gasteiger partial charge in [0.05, 0.1) is 18.7 Å². The molecule has 2 aromatic heterocycles. The Labute approximate surface area is 192 Å². The van der Waals surface area contributed by atoms with Gasteiger partial charge in [0.25, 0.3) is 0 Å². The number of hydrogen-bond acceptors (Lipinski definition) is 7. The van der Waals surface area contributed by atoms with E-state index in [9.17, 15) is 9.18 Å². The highest BCUT2D eigenvalue weighted by Gasteiger charge is 2.12. The number of hydrogen-bond donors (Lipinski definition) is 2. The molecule has 0 saturated carbocycles. The largest absolute Gasteiger partial charge is 0.492 e. The molecule has 0 spiro atoms. The van der Waals surface area contributed by atoms with E-state index in [-0.39, 0.29) is 18.9 Å². The zero-order valence-electron chi connectivity index (χ0n) is 18.3. The molecule has 1 saturated heterocycles. The number of nitrogens with zero attached hydrogens (tertiary/aromatic N) is 4. The number of benzene rings is 1. The molecule has 0 aliphatic carbocycles. The van der Waals surface area contributed by atoms with Crippen LogP contribution in [0.5, 0.6) is 5.75 Å². The number of nitrogens with one attached hydrogen (secondary N) is 2. The van der Waals surface area contributed by atoms with Crippen molar-refractivity contribution in [2.24, 2.45) is 0 Å². The molecule has 9 heteroatoms. The zero-order chi connectivity index (χ0) is 22.9. The Hall–Kier alpha value is -3.43. The quantitative estimate of drug-likeness (QED) is 0.514. The van der Waals surface area contributed by atoms with Crippen LogP contribution in [0.1, 0.15) is 11.4 Å². The van der Waals surface area contributed by atoms with Gasteiger partial charge in [-0.05, 0) is 29.8 Å². The summed E-state index contributed by atoms with van der Waals surface area (Å²) in [5.41, 5.74) is 1.63. The summed E-state index contributed by atoms with van der Waals surface area (Å²) >= 11 is 0. The van der Waals surface area contributed by atoms with Gasteiger partial charge in [0.1, 0.15) is 24.0 Å². The molecule has 33 heavy (non-hydrogen) atoms. The van der Waals surface area contributed by atoms with Gasteiger partial charge in [-0.15, -0.1) is 0 Å². The van der Waals surface area contributed by atoms with E-state index >= 15 is 0 Å². The van der Waals surface area contributed by atoms with Crippen LogP contribution in [0.2, 0.25) is 0 Å². The molecule has 0 radical (unpaired) electrons. The lowest BCUT2D eigenvalue weighted by atomic mass is 10.1. The third-order valence-corrected chi connectivity index (χ3v) is 5.35. The van der Waals surface area contributed by atoms with Gasteiger partial charge in [0, 0.05) is 62.9 Å². The zero-order valence-corrected chi connectivity index (χ0v) is 18.3. The monoisotopic (exact) mass is 450 g/mol. The minimum atomic E-state index is -0.393. The average molecular weight is 451 g/mol. The van der Waals surface area contributed by atoms with Gasteiger partial charge in [-0.25, -0.2) is 14.4 Å². The lowest BCUT2D eigenvalue weighted by molar-refractivity contribution is -0.120. The number of ether oxygens (including phenoxy) is 1. The lowest BCUT2D eigenvalue weighted by Crippen LogP contribution is -2.44. The van der Waals surface area contributed by atoms with Crippen molar-refractivity contribution in [3.63, 3.8) is 0 Å². The maximum absolute atomic E-state index is 14.7. The van der Waals surface area contributed by atoms with Crippen molar-refractivity contribution in [3.8, 4) is 17.0 Å². The summed E-state index contributed by atoms with van der Waals surface area (Å²) in [6.07, 6.45) is 5.01. The summed E-state index contributed by atoms with van der Waals surface area (Å²) in [4.78, 5) is 26.9. The molecule has 3 aromatic rings. The molecule has 1 fully saturated rings. The molecule has 1 aliphatic rings. The minimum absolute atomic E-state index is 0.162. The van der Waals surface area contributed by atoms with E-state index in [1.807, 2.05) is 0 Å². The van der Waals surface area contributed by atoms with Crippen molar-refractivity contribution in [1.82, 2.24) is 30.5 Å². The molecule has 1 aromatic carbocycles. The molecule has 0 unspecified atom stereocenters. The normalized spacial score (nSPS) is 14.1. The fourth-order valence-electron chi connectivity index (χ4n) is 3.56. The van der Waals surface area contributed by atoms with Crippen LogP contribution in [0, 0.1) is 5.82 Å². The Morgan fingerprint density at radius 2 is 1.94 bits per heavy atom. The maximum Gasteiger partial charge on any atom is 0.224 e. The highest BCUT2D eigenvalue weighted by molar-refractivity contribution is 5.78. The lowest BCUT2D eigenvalue weighted by Gasteiger charge is -2.26. The first-order chi connectivity index (χ1) is 16.2. The van der Waals surface area contributed by atoms with Crippen LogP contribution in [-0.4, -0.2) is 65.1 Å². The Morgan fingerprint density at radius 3 is 2.67 bits per heavy atom. The summed E-state index contributed by atoms with van der Waals surface area (Å²) in [5, 5.41) is 6.09. The second kappa shape index (κ2) is 11.4. The van der Waals surface area contributed by atoms with Crippen LogP contribution in [0.25, 0.3) is 11.3 Å². The second-order valence-corrected chi connectivity index (χ2v) is 7.75. The Kier molecular flexibility index (Phi) is 7.89. The van der Waals surface area contributed by atoms with Crippen molar-refractivity contribution in [2.75, 3.05) is 39.3 Å². The predicted octanol–water partition coefficient (Wildman–Crippen LogP) is 1.82. The smallest absolute Gasteiger partial charge is 0.224 e. The molecule has 2 N–H and O–H groups in total. The van der Waals surface area contributed by atoms with E-state index in [2.05, 4.69) is 30.5 Å². The van der Waals surface area contributed by atoms with Gasteiger partial charge < -0.3 is 15.4 Å². The van der Waals surface area contributed by atoms with Crippen molar-refractivity contribution >= 4 is 5.91 Å². The SMILES string of the molecule is O=C(Cc1ccc(-c2ccc(OCCN3CCNCC3)cc2F)nc1)NCc1ncccn1. The molecule has 172 valence electrons. The molecular weight excluding hydrogens is 423 g/mol. The van der Waals surface area contributed by atoms with Crippen LogP contribution >= 0.6 is 0 Å². The summed E-state index contributed by atoms with van der Waals surface area (Å²) < 4.78 is 20.4. The Balaban J connectivity index is 1.28. The van der Waals surface area contributed by atoms with E-state index < -0.39 is 5.82 Å². The van der Waals surface area contributed by atoms with Crippen LogP contribution in [0.3, 0.4) is 0 Å². The number of carbonyl (C=O) groups is 1. The first-order valence-corrected chi connectivity index (χ1v) is 11.0. The highest BCUT2D eigenvalue weighted by atomic mass is 19.1. The van der Waals surface area contributed by atoms with Gasteiger partial charge in [-0.3, -0.25) is 14.7 Å². The Morgan fingerprint density at radius 1 is 1.12 bits per heavy atom. The highest BCUT2D eigenvalue weighted by Crippen LogP contribution is 2.25.